The Kier molecular flexibility index (Phi) is 4.60. The molecule has 0 aliphatic carbocycles. The van der Waals surface area contributed by atoms with Crippen LogP contribution in [0.5, 0.6) is 0 Å². The molecule has 0 atom stereocenters. The first-order valence-corrected chi connectivity index (χ1v) is 9.07. The molecule has 4 rings (SSSR count). The number of nitrogens with one attached hydrogen (secondary N) is 1. The van der Waals surface area contributed by atoms with Gasteiger partial charge in [0.1, 0.15) is 5.71 Å². The smallest absolute Gasteiger partial charge is 0.267 e. The molecule has 0 fully saturated rings. The zero-order chi connectivity index (χ0) is 19.7. The molecule has 1 N–H and O–H groups in total. The van der Waals surface area contributed by atoms with Crippen LogP contribution in [0.1, 0.15) is 29.8 Å². The van der Waals surface area contributed by atoms with Gasteiger partial charge in [0.05, 0.1) is 12.2 Å². The molecule has 0 unspecified atom stereocenters. The monoisotopic (exact) mass is 376 g/mol. The minimum absolute atomic E-state index is 0.117. The highest BCUT2D eigenvalue weighted by Gasteiger charge is 2.26. The van der Waals surface area contributed by atoms with Crippen LogP contribution in [0.15, 0.2) is 47.7 Å². The Labute approximate surface area is 161 Å². The summed E-state index contributed by atoms with van der Waals surface area (Å²) in [5.74, 6) is 0.201. The Morgan fingerprint density at radius 3 is 2.86 bits per heavy atom. The summed E-state index contributed by atoms with van der Waals surface area (Å²) in [7, 11) is 0. The number of benzene rings is 1. The number of rotatable bonds is 4. The van der Waals surface area contributed by atoms with E-state index < -0.39 is 0 Å². The number of hydrogen-bond donors (Lipinski definition) is 1. The van der Waals surface area contributed by atoms with E-state index in [2.05, 4.69) is 20.6 Å². The molecule has 3 aromatic rings. The molecular formula is C20H20N6O2. The van der Waals surface area contributed by atoms with Crippen LogP contribution in [0.4, 0.5) is 5.69 Å². The van der Waals surface area contributed by atoms with E-state index in [0.717, 1.165) is 11.1 Å². The molecule has 28 heavy (non-hydrogen) atoms. The van der Waals surface area contributed by atoms with Crippen molar-refractivity contribution in [2.45, 2.75) is 33.2 Å². The highest BCUT2D eigenvalue weighted by atomic mass is 16.2. The van der Waals surface area contributed by atoms with Crippen molar-refractivity contribution in [1.82, 2.24) is 19.9 Å². The first-order valence-electron chi connectivity index (χ1n) is 9.07. The molecule has 0 bridgehead atoms. The number of anilines is 1. The predicted molar refractivity (Wildman–Crippen MR) is 105 cm³/mol. The summed E-state index contributed by atoms with van der Waals surface area (Å²) < 4.78 is 1.81. The lowest BCUT2D eigenvalue weighted by atomic mass is 10.1. The second-order valence-corrected chi connectivity index (χ2v) is 6.77. The first kappa shape index (κ1) is 17.8. The van der Waals surface area contributed by atoms with Crippen LogP contribution in [-0.2, 0) is 16.1 Å². The third-order valence-corrected chi connectivity index (χ3v) is 4.68. The molecule has 0 saturated carbocycles. The Balaban J connectivity index is 1.53. The molecular weight excluding hydrogens is 356 g/mol. The average molecular weight is 376 g/mol. The molecule has 1 aromatic carbocycles. The third kappa shape index (κ3) is 3.36. The van der Waals surface area contributed by atoms with Gasteiger partial charge in [0.25, 0.3) is 5.91 Å². The lowest BCUT2D eigenvalue weighted by Gasteiger charge is -2.24. The van der Waals surface area contributed by atoms with Crippen molar-refractivity contribution >= 4 is 28.9 Å². The minimum Gasteiger partial charge on any atom is -0.344 e. The van der Waals surface area contributed by atoms with Gasteiger partial charge in [-0.05, 0) is 43.2 Å². The molecule has 2 amide bonds. The number of carbonyl (C=O) groups excluding carboxylic acids is 2. The number of amides is 2. The average Bonchev–Trinajstić information content (AvgIpc) is 3.12. The fourth-order valence-corrected chi connectivity index (χ4v) is 3.13. The molecule has 0 radical (unpaired) electrons. The number of hydrazone groups is 1. The Hall–Kier alpha value is -3.55. The van der Waals surface area contributed by atoms with E-state index in [9.17, 15) is 9.59 Å². The minimum atomic E-state index is -0.310. The van der Waals surface area contributed by atoms with E-state index in [1.807, 2.05) is 60.8 Å². The summed E-state index contributed by atoms with van der Waals surface area (Å²) in [4.78, 5) is 25.0. The van der Waals surface area contributed by atoms with Gasteiger partial charge in [-0.2, -0.15) is 5.10 Å². The summed E-state index contributed by atoms with van der Waals surface area (Å²) in [5.41, 5.74) is 3.71. The number of fused-ring (bicyclic) bond motifs is 1. The van der Waals surface area contributed by atoms with E-state index in [0.29, 0.717) is 29.3 Å². The van der Waals surface area contributed by atoms with Crippen LogP contribution in [0.25, 0.3) is 5.65 Å². The predicted octanol–water partition coefficient (Wildman–Crippen LogP) is 2.15. The van der Waals surface area contributed by atoms with E-state index in [4.69, 9.17) is 0 Å². The Morgan fingerprint density at radius 2 is 2.00 bits per heavy atom. The van der Waals surface area contributed by atoms with E-state index in [-0.39, 0.29) is 24.8 Å². The summed E-state index contributed by atoms with van der Waals surface area (Å²) in [6.45, 7) is 4.10. The van der Waals surface area contributed by atoms with Gasteiger partial charge >= 0.3 is 0 Å². The van der Waals surface area contributed by atoms with Crippen molar-refractivity contribution in [2.75, 3.05) is 5.01 Å². The zero-order valence-electron chi connectivity index (χ0n) is 15.7. The van der Waals surface area contributed by atoms with Gasteiger partial charge < -0.3 is 5.32 Å². The molecule has 1 aliphatic heterocycles. The maximum Gasteiger partial charge on any atom is 0.267 e. The van der Waals surface area contributed by atoms with Crippen molar-refractivity contribution in [3.05, 3.63) is 59.5 Å². The Morgan fingerprint density at radius 1 is 1.14 bits per heavy atom. The molecule has 1 aliphatic rings. The van der Waals surface area contributed by atoms with Crippen LogP contribution in [-0.4, -0.2) is 32.1 Å². The van der Waals surface area contributed by atoms with Crippen LogP contribution < -0.4 is 10.3 Å². The maximum absolute atomic E-state index is 12.6. The maximum atomic E-state index is 12.6. The van der Waals surface area contributed by atoms with Gasteiger partial charge in [-0.25, -0.2) is 5.01 Å². The van der Waals surface area contributed by atoms with Gasteiger partial charge in [-0.3, -0.25) is 14.0 Å². The fraction of sp³-hybridized carbons (Fsp3) is 0.250. The topological polar surface area (TPSA) is 92.0 Å². The van der Waals surface area contributed by atoms with Crippen LogP contribution >= 0.6 is 0 Å². The van der Waals surface area contributed by atoms with Crippen LogP contribution in [0, 0.1) is 13.8 Å². The molecule has 3 heterocycles. The zero-order valence-corrected chi connectivity index (χ0v) is 15.7. The van der Waals surface area contributed by atoms with Crippen molar-refractivity contribution < 1.29 is 9.59 Å². The van der Waals surface area contributed by atoms with E-state index >= 15 is 0 Å². The molecule has 0 saturated heterocycles. The van der Waals surface area contributed by atoms with Gasteiger partial charge in [-0.15, -0.1) is 10.2 Å². The van der Waals surface area contributed by atoms with Crippen LogP contribution in [0.3, 0.4) is 0 Å². The number of nitrogens with zero attached hydrogens (tertiary/aromatic N) is 5. The van der Waals surface area contributed by atoms with E-state index in [1.54, 1.807) is 0 Å². The second-order valence-electron chi connectivity index (χ2n) is 6.77. The number of aryl methyl sites for hydroxylation is 2. The van der Waals surface area contributed by atoms with Gasteiger partial charge in [0.15, 0.2) is 11.5 Å². The second kappa shape index (κ2) is 7.22. The number of pyridine rings is 1. The third-order valence-electron chi connectivity index (χ3n) is 4.68. The summed E-state index contributed by atoms with van der Waals surface area (Å²) in [6, 6.07) is 11.4. The van der Waals surface area contributed by atoms with Crippen molar-refractivity contribution in [1.29, 1.82) is 0 Å². The molecule has 8 heteroatoms. The summed E-state index contributed by atoms with van der Waals surface area (Å²) in [6.07, 6.45) is 2.40. The highest BCUT2D eigenvalue weighted by molar-refractivity contribution is 6.40. The van der Waals surface area contributed by atoms with Crippen molar-refractivity contribution in [2.24, 2.45) is 5.10 Å². The van der Waals surface area contributed by atoms with E-state index in [1.165, 1.54) is 5.01 Å². The number of carbonyl (C=O) groups is 2. The van der Waals surface area contributed by atoms with Crippen LogP contribution in [0.2, 0.25) is 0 Å². The molecule has 142 valence electrons. The quantitative estimate of drug-likeness (QED) is 0.755. The SMILES string of the molecule is Cc1ccc(C)c(N2N=C(C(=O)NCc3nnc4ccccn34)CCC2=O)c1. The Bertz CT molecular complexity index is 1100. The van der Waals surface area contributed by atoms with Crippen molar-refractivity contribution in [3.63, 3.8) is 0 Å². The number of hydrogen-bond acceptors (Lipinski definition) is 5. The lowest BCUT2D eigenvalue weighted by Crippen LogP contribution is -2.39. The standard InChI is InChI=1S/C20H20N6O2/c1-13-6-7-14(2)16(11-13)26-19(27)9-8-15(24-26)20(28)21-12-18-23-22-17-5-3-4-10-25(17)18/h3-7,10-11H,8-9,12H2,1-2H3,(H,21,28). The van der Waals surface area contributed by atoms with Gasteiger partial charge in [0.2, 0.25) is 5.91 Å². The first-order chi connectivity index (χ1) is 13.5. The molecule has 0 spiro atoms. The largest absolute Gasteiger partial charge is 0.344 e. The fourth-order valence-electron chi connectivity index (χ4n) is 3.13. The normalized spacial score (nSPS) is 14.3. The highest BCUT2D eigenvalue weighted by Crippen LogP contribution is 2.25. The van der Waals surface area contributed by atoms with Crippen molar-refractivity contribution in [3.8, 4) is 0 Å². The van der Waals surface area contributed by atoms with Gasteiger partial charge in [-0.1, -0.05) is 18.2 Å². The molecule has 8 nitrogen and oxygen atoms in total. The lowest BCUT2D eigenvalue weighted by molar-refractivity contribution is -0.119. The summed E-state index contributed by atoms with van der Waals surface area (Å²) >= 11 is 0. The number of aromatic nitrogens is 3. The van der Waals surface area contributed by atoms with Gasteiger partial charge in [0, 0.05) is 19.0 Å². The summed E-state index contributed by atoms with van der Waals surface area (Å²) in [5, 5.41) is 16.7. The molecule has 2 aromatic heterocycles.